The number of hydrazine groups is 1. The van der Waals surface area contributed by atoms with Crippen molar-refractivity contribution in [3.05, 3.63) is 29.1 Å². The van der Waals surface area contributed by atoms with E-state index in [4.69, 9.17) is 5.11 Å². The van der Waals surface area contributed by atoms with Gasteiger partial charge in [-0.2, -0.15) is 0 Å². The number of nitrogens with one attached hydrogen (secondary N) is 1. The molecule has 0 unspecified atom stereocenters. The van der Waals surface area contributed by atoms with Gasteiger partial charge < -0.3 is 5.11 Å². The maximum Gasteiger partial charge on any atom is 0.253 e. The largest absolute Gasteiger partial charge is 0.392 e. The Labute approximate surface area is 118 Å². The molecule has 1 aliphatic rings. The van der Waals surface area contributed by atoms with Crippen LogP contribution in [0.15, 0.2) is 17.0 Å². The van der Waals surface area contributed by atoms with Gasteiger partial charge in [0.2, 0.25) is 0 Å². The smallest absolute Gasteiger partial charge is 0.253 e. The van der Waals surface area contributed by atoms with Crippen molar-refractivity contribution in [2.45, 2.75) is 37.7 Å². The Morgan fingerprint density at radius 2 is 1.95 bits per heavy atom. The van der Waals surface area contributed by atoms with Gasteiger partial charge in [-0.15, -0.1) is 4.83 Å². The highest BCUT2D eigenvalue weighted by Crippen LogP contribution is 2.21. The molecule has 2 rings (SSSR count). The summed E-state index contributed by atoms with van der Waals surface area (Å²) in [5.74, 6) is -0.629. The van der Waals surface area contributed by atoms with Gasteiger partial charge in [0.15, 0.2) is 0 Å². The summed E-state index contributed by atoms with van der Waals surface area (Å²) in [6.45, 7) is 2.32. The van der Waals surface area contributed by atoms with E-state index in [0.717, 1.165) is 25.3 Å². The Balaban J connectivity index is 2.30. The van der Waals surface area contributed by atoms with Gasteiger partial charge >= 0.3 is 0 Å². The first-order valence-electron chi connectivity index (χ1n) is 6.61. The second-order valence-electron chi connectivity index (χ2n) is 5.00. The molecule has 1 aliphatic heterocycles. The second kappa shape index (κ2) is 6.17. The van der Waals surface area contributed by atoms with Crippen molar-refractivity contribution in [3.63, 3.8) is 0 Å². The first-order valence-corrected chi connectivity index (χ1v) is 8.09. The Morgan fingerprint density at radius 1 is 1.30 bits per heavy atom. The summed E-state index contributed by atoms with van der Waals surface area (Å²) >= 11 is 0. The van der Waals surface area contributed by atoms with Gasteiger partial charge in [0.1, 0.15) is 5.82 Å². The molecule has 0 amide bonds. The summed E-state index contributed by atoms with van der Waals surface area (Å²) in [5, 5.41) is 10.7. The molecule has 0 aromatic heterocycles. The van der Waals surface area contributed by atoms with Crippen LogP contribution in [0.2, 0.25) is 0 Å². The van der Waals surface area contributed by atoms with Crippen LogP contribution in [0.4, 0.5) is 4.39 Å². The van der Waals surface area contributed by atoms with E-state index in [9.17, 15) is 12.8 Å². The van der Waals surface area contributed by atoms with Crippen LogP contribution in [0, 0.1) is 12.7 Å². The Bertz CT molecular complexity index is 584. The van der Waals surface area contributed by atoms with Crippen molar-refractivity contribution in [1.29, 1.82) is 0 Å². The molecule has 0 bridgehead atoms. The predicted octanol–water partition coefficient (Wildman–Crippen LogP) is 1.31. The first-order chi connectivity index (χ1) is 9.44. The topological polar surface area (TPSA) is 69.6 Å². The summed E-state index contributed by atoms with van der Waals surface area (Å²) in [7, 11) is -3.82. The van der Waals surface area contributed by atoms with Crippen molar-refractivity contribution >= 4 is 10.0 Å². The molecule has 0 atom stereocenters. The van der Waals surface area contributed by atoms with E-state index in [1.54, 1.807) is 5.01 Å². The molecule has 0 saturated carbocycles. The lowest BCUT2D eigenvalue weighted by atomic mass is 10.1. The number of aliphatic hydroxyl groups excluding tert-OH is 1. The number of nitrogens with zero attached hydrogens (tertiary/aromatic N) is 1. The third-order valence-corrected chi connectivity index (χ3v) is 4.94. The predicted molar refractivity (Wildman–Crippen MR) is 72.8 cm³/mol. The van der Waals surface area contributed by atoms with E-state index in [-0.39, 0.29) is 16.0 Å². The number of halogens is 1. The molecule has 1 fully saturated rings. The van der Waals surface area contributed by atoms with E-state index in [2.05, 4.69) is 4.83 Å². The fraction of sp³-hybridized carbons (Fsp3) is 0.538. The molecule has 0 spiro atoms. The molecule has 1 aromatic carbocycles. The zero-order valence-corrected chi connectivity index (χ0v) is 12.2. The van der Waals surface area contributed by atoms with Crippen molar-refractivity contribution in [2.24, 2.45) is 0 Å². The standard InChI is InChI=1S/C13H19FN2O3S/c1-10-12(14)7-11(9-17)8-13(10)20(18,19)15-16-5-3-2-4-6-16/h7-8,15,17H,2-6,9H2,1H3. The minimum absolute atomic E-state index is 0.0618. The monoisotopic (exact) mass is 302 g/mol. The Hall–Kier alpha value is -1.02. The minimum atomic E-state index is -3.82. The lowest BCUT2D eigenvalue weighted by molar-refractivity contribution is 0.200. The molecule has 5 nitrogen and oxygen atoms in total. The average Bonchev–Trinajstić information content (AvgIpc) is 2.42. The fourth-order valence-electron chi connectivity index (χ4n) is 2.28. The summed E-state index contributed by atoms with van der Waals surface area (Å²) in [4.78, 5) is 2.37. The molecule has 7 heteroatoms. The summed E-state index contributed by atoms with van der Waals surface area (Å²) in [6, 6.07) is 2.46. The number of rotatable bonds is 4. The molecular formula is C13H19FN2O3S. The van der Waals surface area contributed by atoms with Crippen LogP contribution in [0.1, 0.15) is 30.4 Å². The zero-order chi connectivity index (χ0) is 14.8. The zero-order valence-electron chi connectivity index (χ0n) is 11.4. The van der Waals surface area contributed by atoms with Crippen LogP contribution < -0.4 is 4.83 Å². The fourth-order valence-corrected chi connectivity index (χ4v) is 3.71. The van der Waals surface area contributed by atoms with E-state index >= 15 is 0 Å². The van der Waals surface area contributed by atoms with E-state index < -0.39 is 22.4 Å². The van der Waals surface area contributed by atoms with Crippen LogP contribution in [-0.2, 0) is 16.6 Å². The van der Waals surface area contributed by atoms with Crippen LogP contribution in [0.3, 0.4) is 0 Å². The summed E-state index contributed by atoms with van der Waals surface area (Å²) in [5.41, 5.74) is 0.304. The number of hydrogen-bond donors (Lipinski definition) is 2. The van der Waals surface area contributed by atoms with Gasteiger partial charge in [0, 0.05) is 18.7 Å². The highest BCUT2D eigenvalue weighted by Gasteiger charge is 2.23. The van der Waals surface area contributed by atoms with Crippen LogP contribution in [0.25, 0.3) is 0 Å². The molecule has 0 aliphatic carbocycles. The molecule has 20 heavy (non-hydrogen) atoms. The van der Waals surface area contributed by atoms with Crippen molar-refractivity contribution in [2.75, 3.05) is 13.1 Å². The van der Waals surface area contributed by atoms with Gasteiger partial charge in [-0.25, -0.2) is 17.8 Å². The van der Waals surface area contributed by atoms with Gasteiger partial charge in [-0.3, -0.25) is 0 Å². The maximum absolute atomic E-state index is 13.7. The van der Waals surface area contributed by atoms with Crippen LogP contribution in [0.5, 0.6) is 0 Å². The molecule has 0 radical (unpaired) electrons. The third-order valence-electron chi connectivity index (χ3n) is 3.43. The number of sulfonamides is 1. The molecular weight excluding hydrogens is 283 g/mol. The van der Waals surface area contributed by atoms with Gasteiger partial charge in [0.05, 0.1) is 11.5 Å². The maximum atomic E-state index is 13.7. The Morgan fingerprint density at radius 3 is 2.55 bits per heavy atom. The van der Waals surface area contributed by atoms with Crippen LogP contribution in [-0.4, -0.2) is 31.6 Å². The van der Waals surface area contributed by atoms with E-state index in [1.807, 2.05) is 0 Å². The minimum Gasteiger partial charge on any atom is -0.392 e. The summed E-state index contributed by atoms with van der Waals surface area (Å²) in [6.07, 6.45) is 2.96. The molecule has 1 saturated heterocycles. The van der Waals surface area contributed by atoms with Crippen LogP contribution >= 0.6 is 0 Å². The first kappa shape index (κ1) is 15.4. The second-order valence-corrected chi connectivity index (χ2v) is 6.63. The quantitative estimate of drug-likeness (QED) is 0.880. The van der Waals surface area contributed by atoms with Gasteiger partial charge in [-0.1, -0.05) is 6.42 Å². The van der Waals surface area contributed by atoms with Gasteiger partial charge in [-0.05, 0) is 37.5 Å². The molecule has 1 aromatic rings. The van der Waals surface area contributed by atoms with Crippen molar-refractivity contribution < 1.29 is 17.9 Å². The average molecular weight is 302 g/mol. The molecule has 2 N–H and O–H groups in total. The molecule has 112 valence electrons. The van der Waals surface area contributed by atoms with E-state index in [0.29, 0.717) is 13.1 Å². The summed E-state index contributed by atoms with van der Waals surface area (Å²) < 4.78 is 38.4. The van der Waals surface area contributed by atoms with E-state index in [1.165, 1.54) is 13.0 Å². The van der Waals surface area contributed by atoms with Crippen molar-refractivity contribution in [3.8, 4) is 0 Å². The SMILES string of the molecule is Cc1c(F)cc(CO)cc1S(=O)(=O)NN1CCCCC1. The van der Waals surface area contributed by atoms with Crippen molar-refractivity contribution in [1.82, 2.24) is 9.84 Å². The normalized spacial score (nSPS) is 17.4. The number of benzene rings is 1. The number of hydrogen-bond acceptors (Lipinski definition) is 4. The highest BCUT2D eigenvalue weighted by atomic mass is 32.2. The number of piperidine rings is 1. The third kappa shape index (κ3) is 3.35. The lowest BCUT2D eigenvalue weighted by Gasteiger charge is -2.27. The van der Waals surface area contributed by atoms with Gasteiger partial charge in [0.25, 0.3) is 10.0 Å². The lowest BCUT2D eigenvalue weighted by Crippen LogP contribution is -2.45. The highest BCUT2D eigenvalue weighted by molar-refractivity contribution is 7.89. The number of aliphatic hydroxyl groups is 1. The Kier molecular flexibility index (Phi) is 4.74. The molecule has 1 heterocycles.